The average molecular weight is 488 g/mol. The van der Waals surface area contributed by atoms with E-state index in [2.05, 4.69) is 76.7 Å². The van der Waals surface area contributed by atoms with Gasteiger partial charge in [-0.05, 0) is 42.0 Å². The number of hydrogen-bond donors (Lipinski definition) is 0. The van der Waals surface area contributed by atoms with E-state index in [0.717, 1.165) is 61.0 Å². The lowest BCUT2D eigenvalue weighted by Gasteiger charge is -2.12. The smallest absolute Gasteiger partial charge is 0.162 e. The highest BCUT2D eigenvalue weighted by molar-refractivity contribution is 6.08. The van der Waals surface area contributed by atoms with Gasteiger partial charge in [0.25, 0.3) is 0 Å². The van der Waals surface area contributed by atoms with Crippen molar-refractivity contribution in [2.75, 3.05) is 0 Å². The fourth-order valence-corrected chi connectivity index (χ4v) is 4.77. The van der Waals surface area contributed by atoms with Gasteiger partial charge >= 0.3 is 0 Å². The molecule has 178 valence electrons. The summed E-state index contributed by atoms with van der Waals surface area (Å²) < 4.78 is 0. The SMILES string of the molecule is c1ccc(-c2nc(-c3cccnc3)nc3c2ccc2ccc(-c4cccc(-c5cccnc5)c4)nc23)cc1. The summed E-state index contributed by atoms with van der Waals surface area (Å²) in [5.74, 6) is 0.628. The molecule has 0 saturated heterocycles. The van der Waals surface area contributed by atoms with Crippen molar-refractivity contribution < 1.29 is 0 Å². The predicted octanol–water partition coefficient (Wildman–Crippen LogP) is 7.64. The van der Waals surface area contributed by atoms with Gasteiger partial charge in [-0.1, -0.05) is 66.7 Å². The summed E-state index contributed by atoms with van der Waals surface area (Å²) in [4.78, 5) is 23.7. The van der Waals surface area contributed by atoms with E-state index >= 15 is 0 Å². The molecule has 0 aliphatic carbocycles. The molecule has 4 aromatic heterocycles. The molecule has 4 heterocycles. The first-order chi connectivity index (χ1) is 18.8. The lowest BCUT2D eigenvalue weighted by Crippen LogP contribution is -1.97. The molecule has 0 spiro atoms. The monoisotopic (exact) mass is 487 g/mol. The quantitative estimate of drug-likeness (QED) is 0.239. The molecule has 0 unspecified atom stereocenters. The Morgan fingerprint density at radius 3 is 1.95 bits per heavy atom. The van der Waals surface area contributed by atoms with Crippen LogP contribution in [0.15, 0.2) is 128 Å². The third-order valence-corrected chi connectivity index (χ3v) is 6.65. The number of aromatic nitrogens is 5. The van der Waals surface area contributed by atoms with Crippen LogP contribution in [-0.2, 0) is 0 Å². The third-order valence-electron chi connectivity index (χ3n) is 6.65. The molecule has 0 aliphatic heterocycles. The number of benzene rings is 3. The van der Waals surface area contributed by atoms with E-state index in [1.807, 2.05) is 42.6 Å². The molecule has 0 atom stereocenters. The zero-order valence-corrected chi connectivity index (χ0v) is 20.4. The van der Waals surface area contributed by atoms with Gasteiger partial charge in [-0.25, -0.2) is 15.0 Å². The Hall–Kier alpha value is -5.29. The molecular weight excluding hydrogens is 466 g/mol. The number of fused-ring (bicyclic) bond motifs is 3. The molecule has 0 radical (unpaired) electrons. The Morgan fingerprint density at radius 1 is 0.447 bits per heavy atom. The number of pyridine rings is 3. The lowest BCUT2D eigenvalue weighted by molar-refractivity contribution is 1.21. The van der Waals surface area contributed by atoms with E-state index < -0.39 is 0 Å². The fourth-order valence-electron chi connectivity index (χ4n) is 4.77. The van der Waals surface area contributed by atoms with Crippen molar-refractivity contribution in [1.29, 1.82) is 0 Å². The summed E-state index contributed by atoms with van der Waals surface area (Å²) in [6.07, 6.45) is 7.21. The first-order valence-electron chi connectivity index (χ1n) is 12.4. The molecule has 38 heavy (non-hydrogen) atoms. The Bertz CT molecular complexity index is 1900. The first-order valence-corrected chi connectivity index (χ1v) is 12.4. The summed E-state index contributed by atoms with van der Waals surface area (Å²) in [5, 5.41) is 1.99. The van der Waals surface area contributed by atoms with Gasteiger partial charge in [-0.2, -0.15) is 0 Å². The van der Waals surface area contributed by atoms with Gasteiger partial charge in [-0.3, -0.25) is 9.97 Å². The second-order valence-electron chi connectivity index (χ2n) is 9.06. The molecule has 5 heteroatoms. The highest BCUT2D eigenvalue weighted by Crippen LogP contribution is 2.34. The minimum atomic E-state index is 0.628. The number of rotatable bonds is 4. The van der Waals surface area contributed by atoms with Crippen molar-refractivity contribution in [3.8, 4) is 45.0 Å². The van der Waals surface area contributed by atoms with E-state index in [1.165, 1.54) is 0 Å². The molecule has 3 aromatic carbocycles. The zero-order chi connectivity index (χ0) is 25.3. The van der Waals surface area contributed by atoms with Crippen LogP contribution < -0.4 is 0 Å². The second kappa shape index (κ2) is 9.30. The summed E-state index contributed by atoms with van der Waals surface area (Å²) in [5.41, 5.74) is 8.53. The van der Waals surface area contributed by atoms with Crippen LogP contribution in [0.2, 0.25) is 0 Å². The van der Waals surface area contributed by atoms with Crippen molar-refractivity contribution in [3.63, 3.8) is 0 Å². The molecule has 0 saturated carbocycles. The summed E-state index contributed by atoms with van der Waals surface area (Å²) in [6, 6.07) is 34.9. The van der Waals surface area contributed by atoms with Gasteiger partial charge in [0.15, 0.2) is 5.82 Å². The van der Waals surface area contributed by atoms with Crippen LogP contribution in [0, 0.1) is 0 Å². The normalized spacial score (nSPS) is 11.2. The molecule has 7 rings (SSSR count). The Kier molecular flexibility index (Phi) is 5.37. The molecule has 0 aliphatic rings. The van der Waals surface area contributed by atoms with Crippen LogP contribution in [0.4, 0.5) is 0 Å². The van der Waals surface area contributed by atoms with E-state index in [0.29, 0.717) is 5.82 Å². The summed E-state index contributed by atoms with van der Waals surface area (Å²) in [7, 11) is 0. The minimum absolute atomic E-state index is 0.628. The van der Waals surface area contributed by atoms with Crippen molar-refractivity contribution in [3.05, 3.63) is 128 Å². The van der Waals surface area contributed by atoms with Crippen LogP contribution in [0.1, 0.15) is 0 Å². The van der Waals surface area contributed by atoms with Crippen LogP contribution in [0.3, 0.4) is 0 Å². The zero-order valence-electron chi connectivity index (χ0n) is 20.4. The molecule has 0 bridgehead atoms. The minimum Gasteiger partial charge on any atom is -0.264 e. The lowest BCUT2D eigenvalue weighted by atomic mass is 10.0. The van der Waals surface area contributed by atoms with Crippen LogP contribution in [-0.4, -0.2) is 24.9 Å². The number of nitrogens with zero attached hydrogens (tertiary/aromatic N) is 5. The second-order valence-corrected chi connectivity index (χ2v) is 9.06. The maximum absolute atomic E-state index is 5.16. The molecule has 0 N–H and O–H groups in total. The fraction of sp³-hybridized carbons (Fsp3) is 0. The number of hydrogen-bond acceptors (Lipinski definition) is 5. The van der Waals surface area contributed by atoms with Gasteiger partial charge in [0.05, 0.1) is 16.9 Å². The van der Waals surface area contributed by atoms with Gasteiger partial charge in [0.1, 0.15) is 5.52 Å². The topological polar surface area (TPSA) is 64.5 Å². The van der Waals surface area contributed by atoms with E-state index in [4.69, 9.17) is 15.0 Å². The Balaban J connectivity index is 1.47. The van der Waals surface area contributed by atoms with Crippen molar-refractivity contribution in [2.24, 2.45) is 0 Å². The van der Waals surface area contributed by atoms with E-state index in [1.54, 1.807) is 18.6 Å². The van der Waals surface area contributed by atoms with Crippen molar-refractivity contribution in [1.82, 2.24) is 24.9 Å². The maximum Gasteiger partial charge on any atom is 0.162 e. The van der Waals surface area contributed by atoms with Crippen LogP contribution in [0.25, 0.3) is 66.8 Å². The van der Waals surface area contributed by atoms with E-state index in [-0.39, 0.29) is 0 Å². The van der Waals surface area contributed by atoms with Crippen molar-refractivity contribution in [2.45, 2.75) is 0 Å². The highest BCUT2D eigenvalue weighted by Gasteiger charge is 2.15. The maximum atomic E-state index is 5.16. The molecule has 7 aromatic rings. The van der Waals surface area contributed by atoms with Gasteiger partial charge in [-0.15, -0.1) is 0 Å². The largest absolute Gasteiger partial charge is 0.264 e. The standard InChI is InChI=1S/C33H21N5/c1-2-7-22(8-3-1)30-28-15-13-23-14-16-29(25-10-4-9-24(19-25)26-11-5-17-34-20-26)36-31(23)32(28)38-33(37-30)27-12-6-18-35-21-27/h1-21H. The summed E-state index contributed by atoms with van der Waals surface area (Å²) in [6.45, 7) is 0. The third kappa shape index (κ3) is 3.96. The van der Waals surface area contributed by atoms with Gasteiger partial charge in [0.2, 0.25) is 0 Å². The Labute approximate surface area is 219 Å². The van der Waals surface area contributed by atoms with E-state index in [9.17, 15) is 0 Å². The molecule has 5 nitrogen and oxygen atoms in total. The van der Waals surface area contributed by atoms with Crippen LogP contribution >= 0.6 is 0 Å². The Morgan fingerprint density at radius 2 is 1.16 bits per heavy atom. The van der Waals surface area contributed by atoms with Crippen LogP contribution in [0.5, 0.6) is 0 Å². The molecule has 0 fully saturated rings. The van der Waals surface area contributed by atoms with Gasteiger partial charge < -0.3 is 0 Å². The molecular formula is C33H21N5. The predicted molar refractivity (Wildman–Crippen MR) is 152 cm³/mol. The summed E-state index contributed by atoms with van der Waals surface area (Å²) >= 11 is 0. The molecule has 0 amide bonds. The van der Waals surface area contributed by atoms with Crippen molar-refractivity contribution >= 4 is 21.8 Å². The highest BCUT2D eigenvalue weighted by atomic mass is 14.9. The first kappa shape index (κ1) is 21.9. The average Bonchev–Trinajstić information content (AvgIpc) is 3.01. The van der Waals surface area contributed by atoms with Gasteiger partial charge in [0, 0.05) is 57.8 Å².